The van der Waals surface area contributed by atoms with Gasteiger partial charge in [-0.15, -0.1) is 0 Å². The predicted molar refractivity (Wildman–Crippen MR) is 97.1 cm³/mol. The zero-order valence-corrected chi connectivity index (χ0v) is 14.2. The first-order chi connectivity index (χ1) is 11.7. The zero-order valence-electron chi connectivity index (χ0n) is 14.2. The highest BCUT2D eigenvalue weighted by molar-refractivity contribution is 5.92. The molecule has 0 saturated heterocycles. The normalized spacial score (nSPS) is 16.4. The Morgan fingerprint density at radius 2 is 1.83 bits per heavy atom. The van der Waals surface area contributed by atoms with Crippen LogP contribution in [0.25, 0.3) is 0 Å². The van der Waals surface area contributed by atoms with Gasteiger partial charge in [0.05, 0.1) is 17.9 Å². The number of nitrogens with zero attached hydrogens (tertiary/aromatic N) is 1. The molecule has 0 spiro atoms. The molecule has 1 fully saturated rings. The third-order valence-corrected chi connectivity index (χ3v) is 4.62. The summed E-state index contributed by atoms with van der Waals surface area (Å²) >= 11 is 0. The smallest absolute Gasteiger partial charge is 0.270 e. The molecule has 1 amide bonds. The number of amides is 1. The lowest BCUT2D eigenvalue weighted by Crippen LogP contribution is -2.27. The molecule has 1 aliphatic rings. The van der Waals surface area contributed by atoms with E-state index in [9.17, 15) is 4.79 Å². The lowest BCUT2D eigenvalue weighted by Gasteiger charge is -2.23. The molecule has 1 saturated carbocycles. The van der Waals surface area contributed by atoms with E-state index in [0.29, 0.717) is 11.7 Å². The summed E-state index contributed by atoms with van der Waals surface area (Å²) in [6, 6.07) is 14.2. The molecule has 126 valence electrons. The lowest BCUT2D eigenvalue weighted by molar-refractivity contribution is 0.0935. The van der Waals surface area contributed by atoms with Crippen LogP contribution in [0.5, 0.6) is 0 Å². The van der Waals surface area contributed by atoms with Crippen LogP contribution >= 0.6 is 0 Å². The second-order valence-corrected chi connectivity index (χ2v) is 6.52. The van der Waals surface area contributed by atoms with Crippen molar-refractivity contribution in [3.63, 3.8) is 0 Å². The molecule has 0 bridgehead atoms. The number of aromatic nitrogens is 1. The molecular formula is C20H25N3O. The van der Waals surface area contributed by atoms with Gasteiger partial charge in [-0.1, -0.05) is 49.6 Å². The van der Waals surface area contributed by atoms with Gasteiger partial charge in [-0.25, -0.2) is 4.98 Å². The Morgan fingerprint density at radius 1 is 1.08 bits per heavy atom. The minimum Gasteiger partial charge on any atom is -0.381 e. The van der Waals surface area contributed by atoms with Crippen molar-refractivity contribution < 1.29 is 4.79 Å². The van der Waals surface area contributed by atoms with E-state index >= 15 is 0 Å². The number of anilines is 1. The molecule has 24 heavy (non-hydrogen) atoms. The topological polar surface area (TPSA) is 54.0 Å². The highest BCUT2D eigenvalue weighted by Crippen LogP contribution is 2.21. The molecule has 3 rings (SSSR count). The van der Waals surface area contributed by atoms with Crippen molar-refractivity contribution in [1.82, 2.24) is 10.3 Å². The number of carbonyl (C=O) groups is 1. The molecule has 1 heterocycles. The summed E-state index contributed by atoms with van der Waals surface area (Å²) in [4.78, 5) is 16.7. The number of carbonyl (C=O) groups excluding carboxylic acids is 1. The maximum Gasteiger partial charge on any atom is 0.270 e. The summed E-state index contributed by atoms with van der Waals surface area (Å²) in [6.45, 7) is 1.98. The van der Waals surface area contributed by atoms with E-state index < -0.39 is 0 Å². The number of rotatable bonds is 5. The third kappa shape index (κ3) is 4.34. The van der Waals surface area contributed by atoms with Crippen molar-refractivity contribution >= 4 is 11.6 Å². The molecule has 2 aromatic rings. The Labute approximate surface area is 143 Å². The van der Waals surface area contributed by atoms with Crippen LogP contribution in [-0.4, -0.2) is 16.9 Å². The number of benzene rings is 1. The van der Waals surface area contributed by atoms with Crippen molar-refractivity contribution in [2.45, 2.75) is 51.1 Å². The Hall–Kier alpha value is -2.36. The second-order valence-electron chi connectivity index (χ2n) is 6.52. The minimum atomic E-state index is -0.143. The first-order valence-electron chi connectivity index (χ1n) is 8.81. The zero-order chi connectivity index (χ0) is 16.8. The van der Waals surface area contributed by atoms with Gasteiger partial charge in [0.1, 0.15) is 5.69 Å². The van der Waals surface area contributed by atoms with E-state index in [-0.39, 0.29) is 11.9 Å². The van der Waals surface area contributed by atoms with Crippen molar-refractivity contribution in [1.29, 1.82) is 0 Å². The van der Waals surface area contributed by atoms with Crippen molar-refractivity contribution in [2.75, 3.05) is 5.32 Å². The molecule has 1 unspecified atom stereocenters. The fraction of sp³-hybridized carbons (Fsp3) is 0.400. The van der Waals surface area contributed by atoms with Crippen LogP contribution < -0.4 is 10.6 Å². The number of hydrogen-bond donors (Lipinski definition) is 2. The Kier molecular flexibility index (Phi) is 5.47. The number of pyridine rings is 1. The highest BCUT2D eigenvalue weighted by Gasteiger charge is 2.15. The Bertz CT molecular complexity index is 648. The Morgan fingerprint density at radius 3 is 2.50 bits per heavy atom. The Balaban J connectivity index is 1.57. The first kappa shape index (κ1) is 16.5. The van der Waals surface area contributed by atoms with E-state index in [1.54, 1.807) is 12.3 Å². The summed E-state index contributed by atoms with van der Waals surface area (Å²) in [5.74, 6) is -0.143. The largest absolute Gasteiger partial charge is 0.381 e. The van der Waals surface area contributed by atoms with Gasteiger partial charge in [-0.3, -0.25) is 4.79 Å². The molecule has 1 aliphatic carbocycles. The van der Waals surface area contributed by atoms with Crippen molar-refractivity contribution in [3.8, 4) is 0 Å². The molecule has 0 radical (unpaired) electrons. The average molecular weight is 323 g/mol. The van der Waals surface area contributed by atoms with E-state index in [1.807, 2.05) is 43.3 Å². The molecule has 2 N–H and O–H groups in total. The summed E-state index contributed by atoms with van der Waals surface area (Å²) in [6.07, 6.45) is 8.13. The van der Waals surface area contributed by atoms with E-state index in [1.165, 1.54) is 32.1 Å². The van der Waals surface area contributed by atoms with E-state index in [2.05, 4.69) is 15.6 Å². The average Bonchev–Trinajstić information content (AvgIpc) is 2.64. The van der Waals surface area contributed by atoms with Crippen molar-refractivity contribution in [2.24, 2.45) is 0 Å². The van der Waals surface area contributed by atoms with Gasteiger partial charge >= 0.3 is 0 Å². The van der Waals surface area contributed by atoms with Crippen LogP contribution in [0.1, 0.15) is 61.1 Å². The SMILES string of the molecule is CC(NC(=O)c1ccc(NC2CCCCC2)cn1)c1ccccc1. The fourth-order valence-electron chi connectivity index (χ4n) is 3.19. The van der Waals surface area contributed by atoms with Gasteiger partial charge in [0.25, 0.3) is 5.91 Å². The van der Waals surface area contributed by atoms with E-state index in [0.717, 1.165) is 11.3 Å². The number of nitrogens with one attached hydrogen (secondary N) is 2. The van der Waals surface area contributed by atoms with Crippen LogP contribution in [0.4, 0.5) is 5.69 Å². The standard InChI is InChI=1S/C20H25N3O/c1-15(16-8-4-2-5-9-16)22-20(24)19-13-12-18(14-21-19)23-17-10-6-3-7-11-17/h2,4-5,8-9,12-15,17,23H,3,6-7,10-11H2,1H3,(H,22,24). The van der Waals surface area contributed by atoms with Gasteiger partial charge in [-0.2, -0.15) is 0 Å². The summed E-state index contributed by atoms with van der Waals surface area (Å²) in [5.41, 5.74) is 2.53. The summed E-state index contributed by atoms with van der Waals surface area (Å²) in [7, 11) is 0. The van der Waals surface area contributed by atoms with E-state index in [4.69, 9.17) is 0 Å². The summed E-state index contributed by atoms with van der Waals surface area (Å²) in [5, 5.41) is 6.51. The quantitative estimate of drug-likeness (QED) is 0.861. The maximum atomic E-state index is 12.3. The lowest BCUT2D eigenvalue weighted by atomic mass is 9.95. The number of hydrogen-bond acceptors (Lipinski definition) is 3. The molecule has 1 aromatic heterocycles. The van der Waals surface area contributed by atoms with Gasteiger partial charge in [0, 0.05) is 6.04 Å². The first-order valence-corrected chi connectivity index (χ1v) is 8.81. The molecular weight excluding hydrogens is 298 g/mol. The molecule has 1 atom stereocenters. The molecule has 0 aliphatic heterocycles. The highest BCUT2D eigenvalue weighted by atomic mass is 16.1. The van der Waals surface area contributed by atoms with Crippen LogP contribution in [-0.2, 0) is 0 Å². The monoisotopic (exact) mass is 323 g/mol. The maximum absolute atomic E-state index is 12.3. The van der Waals surface area contributed by atoms with Crippen LogP contribution in [0.2, 0.25) is 0 Å². The molecule has 4 nitrogen and oxygen atoms in total. The van der Waals surface area contributed by atoms with Gasteiger partial charge in [-0.05, 0) is 37.5 Å². The molecule has 4 heteroatoms. The van der Waals surface area contributed by atoms with Crippen molar-refractivity contribution in [3.05, 3.63) is 59.9 Å². The van der Waals surface area contributed by atoms with Crippen LogP contribution in [0, 0.1) is 0 Å². The third-order valence-electron chi connectivity index (χ3n) is 4.62. The van der Waals surface area contributed by atoms with Gasteiger partial charge in [0.2, 0.25) is 0 Å². The van der Waals surface area contributed by atoms with Gasteiger partial charge in [0.15, 0.2) is 0 Å². The second kappa shape index (κ2) is 7.95. The van der Waals surface area contributed by atoms with Crippen LogP contribution in [0.3, 0.4) is 0 Å². The summed E-state index contributed by atoms with van der Waals surface area (Å²) < 4.78 is 0. The molecule has 1 aromatic carbocycles. The fourth-order valence-corrected chi connectivity index (χ4v) is 3.19. The van der Waals surface area contributed by atoms with Crippen LogP contribution in [0.15, 0.2) is 48.7 Å². The predicted octanol–water partition coefficient (Wildman–Crippen LogP) is 4.32. The van der Waals surface area contributed by atoms with Gasteiger partial charge < -0.3 is 10.6 Å². The minimum absolute atomic E-state index is 0.0412.